The minimum Gasteiger partial charge on any atom is -0.476 e. The summed E-state index contributed by atoms with van der Waals surface area (Å²) >= 11 is 0. The molecule has 2 aromatic rings. The first kappa shape index (κ1) is 14.8. The summed E-state index contributed by atoms with van der Waals surface area (Å²) in [6.07, 6.45) is 0. The quantitative estimate of drug-likeness (QED) is 0.872. The fraction of sp³-hybridized carbons (Fsp3) is 0.235. The zero-order valence-corrected chi connectivity index (χ0v) is 13.1. The molecule has 0 bridgehead atoms. The minimum absolute atomic E-state index is 0.0605. The van der Waals surface area contributed by atoms with Gasteiger partial charge in [0, 0.05) is 5.56 Å². The molecule has 0 atom stereocenters. The molecule has 0 aliphatic carbocycles. The van der Waals surface area contributed by atoms with E-state index in [1.807, 2.05) is 37.3 Å². The second-order valence-electron chi connectivity index (χ2n) is 5.27. The van der Waals surface area contributed by atoms with Gasteiger partial charge in [-0.1, -0.05) is 30.3 Å². The highest BCUT2D eigenvalue weighted by molar-refractivity contribution is 7.90. The van der Waals surface area contributed by atoms with Crippen molar-refractivity contribution in [3.8, 4) is 0 Å². The first-order valence-corrected chi connectivity index (χ1v) is 8.76. The lowest BCUT2D eigenvalue weighted by molar-refractivity contribution is 0.348. The van der Waals surface area contributed by atoms with Gasteiger partial charge >= 0.3 is 0 Å². The molecular formula is C17H17NO3S. The second-order valence-corrected chi connectivity index (χ2v) is 7.26. The maximum absolute atomic E-state index is 12.6. The Kier molecular flexibility index (Phi) is 3.98. The molecule has 114 valence electrons. The van der Waals surface area contributed by atoms with E-state index in [0.29, 0.717) is 29.5 Å². The summed E-state index contributed by atoms with van der Waals surface area (Å²) in [5.41, 5.74) is 2.40. The number of sulfone groups is 1. The van der Waals surface area contributed by atoms with Crippen molar-refractivity contribution in [2.24, 2.45) is 4.99 Å². The van der Waals surface area contributed by atoms with Gasteiger partial charge in [0.15, 0.2) is 9.84 Å². The van der Waals surface area contributed by atoms with E-state index in [-0.39, 0.29) is 5.75 Å². The first-order chi connectivity index (χ1) is 10.6. The third kappa shape index (κ3) is 3.04. The number of hydrogen-bond acceptors (Lipinski definition) is 4. The molecule has 0 fully saturated rings. The molecule has 0 amide bonds. The third-order valence-corrected chi connectivity index (χ3v) is 5.19. The molecule has 4 nitrogen and oxygen atoms in total. The largest absolute Gasteiger partial charge is 0.476 e. The Morgan fingerprint density at radius 3 is 2.68 bits per heavy atom. The van der Waals surface area contributed by atoms with Gasteiger partial charge < -0.3 is 4.74 Å². The third-order valence-electron chi connectivity index (χ3n) is 3.53. The molecule has 0 saturated carbocycles. The smallest absolute Gasteiger partial charge is 0.216 e. The first-order valence-electron chi connectivity index (χ1n) is 7.11. The van der Waals surface area contributed by atoms with Gasteiger partial charge in [-0.2, -0.15) is 0 Å². The Balaban J connectivity index is 1.96. The average molecular weight is 315 g/mol. The Morgan fingerprint density at radius 2 is 1.95 bits per heavy atom. The van der Waals surface area contributed by atoms with Gasteiger partial charge in [-0.15, -0.1) is 0 Å². The molecule has 0 radical (unpaired) electrons. The highest BCUT2D eigenvalue weighted by Crippen LogP contribution is 2.21. The Hall–Kier alpha value is -2.14. The second kappa shape index (κ2) is 5.93. The molecule has 1 heterocycles. The van der Waals surface area contributed by atoms with E-state index in [1.165, 1.54) is 0 Å². The van der Waals surface area contributed by atoms with Crippen LogP contribution in [0.15, 0.2) is 58.4 Å². The summed E-state index contributed by atoms with van der Waals surface area (Å²) < 4.78 is 30.8. The molecular weight excluding hydrogens is 298 g/mol. The number of rotatable bonds is 4. The topological polar surface area (TPSA) is 55.7 Å². The van der Waals surface area contributed by atoms with E-state index in [2.05, 4.69) is 4.99 Å². The van der Waals surface area contributed by atoms with Crippen molar-refractivity contribution < 1.29 is 13.2 Å². The Bertz CT molecular complexity index is 825. The van der Waals surface area contributed by atoms with Crippen LogP contribution in [-0.2, 0) is 20.3 Å². The van der Waals surface area contributed by atoms with Crippen LogP contribution in [0, 0.1) is 6.92 Å². The monoisotopic (exact) mass is 315 g/mol. The van der Waals surface area contributed by atoms with Gasteiger partial charge in [0.1, 0.15) is 6.61 Å². The van der Waals surface area contributed by atoms with E-state index in [1.54, 1.807) is 18.2 Å². The van der Waals surface area contributed by atoms with Gasteiger partial charge in [-0.05, 0) is 36.2 Å². The van der Waals surface area contributed by atoms with Gasteiger partial charge in [-0.25, -0.2) is 13.4 Å². The van der Waals surface area contributed by atoms with Crippen LogP contribution in [0.1, 0.15) is 16.7 Å². The van der Waals surface area contributed by atoms with Crippen LogP contribution in [0.4, 0.5) is 0 Å². The molecule has 5 heteroatoms. The average Bonchev–Trinajstić information content (AvgIpc) is 3.01. The highest BCUT2D eigenvalue weighted by Gasteiger charge is 2.20. The van der Waals surface area contributed by atoms with E-state index < -0.39 is 9.84 Å². The van der Waals surface area contributed by atoms with Crippen molar-refractivity contribution in [3.05, 3.63) is 65.2 Å². The Labute approximate surface area is 130 Å². The molecule has 3 rings (SSSR count). The molecule has 22 heavy (non-hydrogen) atoms. The van der Waals surface area contributed by atoms with E-state index >= 15 is 0 Å². The standard InChI is InChI=1S/C17H17NO3S/c1-13-5-4-7-15(11-13)22(19,20)12-14-6-2-3-8-16(14)17-18-9-10-21-17/h2-8,11H,9-10,12H2,1H3. The highest BCUT2D eigenvalue weighted by atomic mass is 32.2. The fourth-order valence-corrected chi connectivity index (χ4v) is 3.93. The van der Waals surface area contributed by atoms with Crippen LogP contribution in [0.25, 0.3) is 0 Å². The minimum atomic E-state index is -3.40. The van der Waals surface area contributed by atoms with Gasteiger partial charge in [-0.3, -0.25) is 0 Å². The van der Waals surface area contributed by atoms with Crippen LogP contribution in [0.3, 0.4) is 0 Å². The summed E-state index contributed by atoms with van der Waals surface area (Å²) in [5, 5.41) is 0. The maximum Gasteiger partial charge on any atom is 0.216 e. The summed E-state index contributed by atoms with van der Waals surface area (Å²) in [4.78, 5) is 4.63. The molecule has 1 aliphatic rings. The molecule has 2 aromatic carbocycles. The van der Waals surface area contributed by atoms with Crippen LogP contribution in [0.2, 0.25) is 0 Å². The summed E-state index contributed by atoms with van der Waals surface area (Å²) in [6, 6.07) is 14.3. The number of benzene rings is 2. The summed E-state index contributed by atoms with van der Waals surface area (Å²) in [6.45, 7) is 3.05. The molecule has 0 saturated heterocycles. The number of aryl methyl sites for hydroxylation is 1. The fourth-order valence-electron chi connectivity index (χ4n) is 2.45. The lowest BCUT2D eigenvalue weighted by Crippen LogP contribution is -2.11. The lowest BCUT2D eigenvalue weighted by Gasteiger charge is -2.10. The van der Waals surface area contributed by atoms with Crippen molar-refractivity contribution in [3.63, 3.8) is 0 Å². The van der Waals surface area contributed by atoms with Gasteiger partial charge in [0.25, 0.3) is 0 Å². The molecule has 0 spiro atoms. The van der Waals surface area contributed by atoms with Crippen molar-refractivity contribution in [1.82, 2.24) is 0 Å². The number of hydrogen-bond donors (Lipinski definition) is 0. The van der Waals surface area contributed by atoms with Crippen LogP contribution in [-0.4, -0.2) is 27.5 Å². The molecule has 1 aliphatic heterocycles. The zero-order valence-electron chi connectivity index (χ0n) is 12.3. The number of nitrogens with zero attached hydrogens (tertiary/aromatic N) is 1. The lowest BCUT2D eigenvalue weighted by atomic mass is 10.1. The van der Waals surface area contributed by atoms with Gasteiger partial charge in [0.2, 0.25) is 5.90 Å². The molecule has 0 unspecified atom stereocenters. The van der Waals surface area contributed by atoms with Crippen molar-refractivity contribution in [1.29, 1.82) is 0 Å². The molecule has 0 aromatic heterocycles. The zero-order chi connectivity index (χ0) is 15.6. The van der Waals surface area contributed by atoms with Crippen LogP contribution in [0.5, 0.6) is 0 Å². The summed E-state index contributed by atoms with van der Waals surface area (Å²) in [7, 11) is -3.40. The Morgan fingerprint density at radius 1 is 1.14 bits per heavy atom. The van der Waals surface area contributed by atoms with E-state index in [4.69, 9.17) is 4.74 Å². The number of ether oxygens (including phenoxy) is 1. The van der Waals surface area contributed by atoms with Crippen LogP contribution >= 0.6 is 0 Å². The SMILES string of the molecule is Cc1cccc(S(=O)(=O)Cc2ccccc2C2=NCCO2)c1. The van der Waals surface area contributed by atoms with E-state index in [9.17, 15) is 8.42 Å². The summed E-state index contributed by atoms with van der Waals surface area (Å²) in [5.74, 6) is 0.477. The van der Waals surface area contributed by atoms with Crippen molar-refractivity contribution in [2.45, 2.75) is 17.6 Å². The predicted octanol–water partition coefficient (Wildman–Crippen LogP) is 2.75. The van der Waals surface area contributed by atoms with Crippen LogP contribution < -0.4 is 0 Å². The molecule has 0 N–H and O–H groups in total. The van der Waals surface area contributed by atoms with Crippen molar-refractivity contribution >= 4 is 15.7 Å². The van der Waals surface area contributed by atoms with E-state index in [0.717, 1.165) is 11.1 Å². The van der Waals surface area contributed by atoms with Crippen molar-refractivity contribution in [2.75, 3.05) is 13.2 Å². The predicted molar refractivity (Wildman–Crippen MR) is 85.9 cm³/mol. The maximum atomic E-state index is 12.6. The van der Waals surface area contributed by atoms with Gasteiger partial charge in [0.05, 0.1) is 17.2 Å². The number of aliphatic imine (C=N–C) groups is 1. The normalized spacial score (nSPS) is 14.5.